The first kappa shape index (κ1) is 22.8. The van der Waals surface area contributed by atoms with Gasteiger partial charge in [0.15, 0.2) is 0 Å². The molecule has 1 aromatic carbocycles. The smallest absolute Gasteiger partial charge is 0.269 e. The molecule has 150 valence electrons. The monoisotopic (exact) mass is 385 g/mol. The minimum atomic E-state index is -0.470. The van der Waals surface area contributed by atoms with Gasteiger partial charge in [-0.3, -0.25) is 19.6 Å². The number of aliphatic imine (C=N–C) groups is 1. The lowest BCUT2D eigenvalue weighted by molar-refractivity contribution is -0.127. The second-order valence-electron chi connectivity index (χ2n) is 5.85. The van der Waals surface area contributed by atoms with Crippen molar-refractivity contribution >= 4 is 28.9 Å². The maximum absolute atomic E-state index is 12.2. The number of nitrogens with two attached hydrogens (primary N) is 1. The molecule has 0 spiro atoms. The number of fused-ring (bicyclic) bond motifs is 1. The van der Waals surface area contributed by atoms with Gasteiger partial charge in [-0.2, -0.15) is 0 Å². The molecule has 8 nitrogen and oxygen atoms in total. The zero-order chi connectivity index (χ0) is 21.3. The van der Waals surface area contributed by atoms with Gasteiger partial charge < -0.3 is 21.1 Å². The molecule has 8 heteroatoms. The van der Waals surface area contributed by atoms with Crippen LogP contribution in [0.5, 0.6) is 0 Å². The number of benzene rings is 1. The fourth-order valence-electron chi connectivity index (χ4n) is 2.57. The molecule has 2 amide bonds. The topological polar surface area (TPSA) is 121 Å². The van der Waals surface area contributed by atoms with Gasteiger partial charge in [-0.25, -0.2) is 0 Å². The number of aliphatic hydroxyl groups is 1. The SMILES string of the molecule is CN=C/C(=C(\N)C(=O)NC)N(Cc1ccc2ccc(C)nc2c1)C(C)=O.CO. The van der Waals surface area contributed by atoms with Crippen LogP contribution < -0.4 is 11.1 Å². The average molecular weight is 385 g/mol. The zero-order valence-corrected chi connectivity index (χ0v) is 16.9. The van der Waals surface area contributed by atoms with Crippen molar-refractivity contribution in [2.24, 2.45) is 10.7 Å². The van der Waals surface area contributed by atoms with Crippen LogP contribution in [-0.4, -0.2) is 54.2 Å². The zero-order valence-electron chi connectivity index (χ0n) is 16.9. The second kappa shape index (κ2) is 10.8. The molecule has 4 N–H and O–H groups in total. The van der Waals surface area contributed by atoms with Crippen LogP contribution in [-0.2, 0) is 16.1 Å². The highest BCUT2D eigenvalue weighted by atomic mass is 16.2. The minimum Gasteiger partial charge on any atom is -0.400 e. The normalized spacial score (nSPS) is 11.5. The molecule has 0 saturated heterocycles. The number of aliphatic hydroxyl groups excluding tert-OH is 1. The maximum Gasteiger partial charge on any atom is 0.269 e. The summed E-state index contributed by atoms with van der Waals surface area (Å²) < 4.78 is 0. The van der Waals surface area contributed by atoms with Crippen molar-refractivity contribution in [3.05, 3.63) is 53.0 Å². The summed E-state index contributed by atoms with van der Waals surface area (Å²) in [6, 6.07) is 9.76. The van der Waals surface area contributed by atoms with Gasteiger partial charge in [-0.05, 0) is 24.6 Å². The number of aromatic nitrogens is 1. The number of aryl methyl sites for hydroxylation is 1. The molecule has 0 fully saturated rings. The third-order valence-electron chi connectivity index (χ3n) is 3.91. The molecule has 2 rings (SSSR count). The van der Waals surface area contributed by atoms with Crippen molar-refractivity contribution in [3.63, 3.8) is 0 Å². The van der Waals surface area contributed by atoms with Crippen LogP contribution in [0.1, 0.15) is 18.2 Å². The van der Waals surface area contributed by atoms with E-state index >= 15 is 0 Å². The molecule has 0 unspecified atom stereocenters. The summed E-state index contributed by atoms with van der Waals surface area (Å²) >= 11 is 0. The highest BCUT2D eigenvalue weighted by molar-refractivity contribution is 6.00. The fraction of sp³-hybridized carbons (Fsp3) is 0.300. The molecule has 0 atom stereocenters. The first-order valence-corrected chi connectivity index (χ1v) is 8.60. The average Bonchev–Trinajstić information content (AvgIpc) is 2.70. The van der Waals surface area contributed by atoms with Crippen molar-refractivity contribution in [2.75, 3.05) is 21.2 Å². The van der Waals surface area contributed by atoms with E-state index < -0.39 is 5.91 Å². The molecule has 1 aromatic heterocycles. The van der Waals surface area contributed by atoms with E-state index in [9.17, 15) is 9.59 Å². The number of amides is 2. The summed E-state index contributed by atoms with van der Waals surface area (Å²) in [5, 5.41) is 10.5. The highest BCUT2D eigenvalue weighted by Crippen LogP contribution is 2.18. The summed E-state index contributed by atoms with van der Waals surface area (Å²) in [7, 11) is 4.03. The Bertz CT molecular complexity index is 906. The summed E-state index contributed by atoms with van der Waals surface area (Å²) in [6.45, 7) is 3.60. The Kier molecular flexibility index (Phi) is 8.77. The van der Waals surface area contributed by atoms with Gasteiger partial charge >= 0.3 is 0 Å². The summed E-state index contributed by atoms with van der Waals surface area (Å²) in [6.07, 6.45) is 1.41. The lowest BCUT2D eigenvalue weighted by Crippen LogP contribution is -2.35. The highest BCUT2D eigenvalue weighted by Gasteiger charge is 2.20. The number of carbonyl (C=O) groups excluding carboxylic acids is 2. The molecule has 0 saturated carbocycles. The Morgan fingerprint density at radius 3 is 2.50 bits per heavy atom. The number of allylic oxidation sites excluding steroid dienone is 1. The van der Waals surface area contributed by atoms with E-state index in [1.807, 2.05) is 37.3 Å². The van der Waals surface area contributed by atoms with Gasteiger partial charge in [0.25, 0.3) is 5.91 Å². The summed E-state index contributed by atoms with van der Waals surface area (Å²) in [5.74, 6) is -0.717. The van der Waals surface area contributed by atoms with Crippen LogP contribution in [0.3, 0.4) is 0 Å². The molecule has 0 aliphatic rings. The Balaban J connectivity index is 0.00000190. The molecular weight excluding hydrogens is 358 g/mol. The van der Waals surface area contributed by atoms with E-state index in [2.05, 4.69) is 15.3 Å². The molecule has 28 heavy (non-hydrogen) atoms. The number of nitrogens with zero attached hydrogens (tertiary/aromatic N) is 3. The molecule has 2 aromatic rings. The Morgan fingerprint density at radius 2 is 1.93 bits per heavy atom. The van der Waals surface area contributed by atoms with Crippen molar-refractivity contribution in [2.45, 2.75) is 20.4 Å². The second-order valence-corrected chi connectivity index (χ2v) is 5.85. The predicted molar refractivity (Wildman–Crippen MR) is 111 cm³/mol. The van der Waals surface area contributed by atoms with Gasteiger partial charge in [0.05, 0.1) is 17.8 Å². The van der Waals surface area contributed by atoms with Crippen molar-refractivity contribution in [1.29, 1.82) is 0 Å². The summed E-state index contributed by atoms with van der Waals surface area (Å²) in [4.78, 5) is 34.0. The van der Waals surface area contributed by atoms with Crippen LogP contribution >= 0.6 is 0 Å². The Hall–Kier alpha value is -3.26. The van der Waals surface area contributed by atoms with Gasteiger partial charge in [-0.1, -0.05) is 18.2 Å². The maximum atomic E-state index is 12.2. The Labute approximate surface area is 164 Å². The molecule has 0 radical (unpaired) electrons. The molecule has 1 heterocycles. The third-order valence-corrected chi connectivity index (χ3v) is 3.91. The number of hydrogen-bond donors (Lipinski definition) is 3. The van der Waals surface area contributed by atoms with Crippen LogP contribution in [0.4, 0.5) is 0 Å². The fourth-order valence-corrected chi connectivity index (χ4v) is 2.57. The van der Waals surface area contributed by atoms with E-state index in [1.54, 1.807) is 7.05 Å². The van der Waals surface area contributed by atoms with E-state index in [-0.39, 0.29) is 23.8 Å². The van der Waals surface area contributed by atoms with Gasteiger partial charge in [0.2, 0.25) is 5.91 Å². The molecule has 0 aliphatic carbocycles. The number of hydrogen-bond acceptors (Lipinski definition) is 6. The lowest BCUT2D eigenvalue weighted by Gasteiger charge is -2.23. The largest absolute Gasteiger partial charge is 0.400 e. The number of nitrogens with one attached hydrogen (secondary N) is 1. The van der Waals surface area contributed by atoms with E-state index in [0.29, 0.717) is 0 Å². The van der Waals surface area contributed by atoms with Gasteiger partial charge in [-0.15, -0.1) is 0 Å². The van der Waals surface area contributed by atoms with Crippen LogP contribution in [0.2, 0.25) is 0 Å². The van der Waals surface area contributed by atoms with Crippen molar-refractivity contribution in [1.82, 2.24) is 15.2 Å². The number of rotatable bonds is 5. The summed E-state index contributed by atoms with van der Waals surface area (Å²) in [5.41, 5.74) is 8.76. The van der Waals surface area contributed by atoms with Crippen LogP contribution in [0, 0.1) is 6.92 Å². The molecule has 0 bridgehead atoms. The molecule has 0 aliphatic heterocycles. The molecular formula is C20H27N5O3. The first-order valence-electron chi connectivity index (χ1n) is 8.60. The number of carbonyl (C=O) groups is 2. The van der Waals surface area contributed by atoms with Gasteiger partial charge in [0, 0.05) is 45.4 Å². The third kappa shape index (κ3) is 5.62. The van der Waals surface area contributed by atoms with Crippen molar-refractivity contribution in [3.8, 4) is 0 Å². The minimum absolute atomic E-state index is 0.0666. The van der Waals surface area contributed by atoms with Crippen LogP contribution in [0.25, 0.3) is 10.9 Å². The van der Waals surface area contributed by atoms with Crippen molar-refractivity contribution < 1.29 is 14.7 Å². The predicted octanol–water partition coefficient (Wildman–Crippen LogP) is 1.12. The first-order chi connectivity index (χ1) is 13.4. The number of pyridine rings is 1. The van der Waals surface area contributed by atoms with E-state index in [0.717, 1.165) is 29.3 Å². The lowest BCUT2D eigenvalue weighted by atomic mass is 10.1. The Morgan fingerprint density at radius 1 is 1.29 bits per heavy atom. The number of likely N-dealkylation sites (N-methyl/N-ethyl adjacent to an activating group) is 1. The van der Waals surface area contributed by atoms with E-state index in [1.165, 1.54) is 25.1 Å². The standard InChI is InChI=1S/C19H23N5O2.CH4O/c1-12-5-7-15-8-6-14(9-16(15)23-12)11-24(13(2)25)17(10-21-3)18(20)19(26)22-4;1-2/h5-10H,11,20H2,1-4H3,(H,22,26);2H,1H3/b18-17+,21-10?;. The van der Waals surface area contributed by atoms with E-state index in [4.69, 9.17) is 10.8 Å². The van der Waals surface area contributed by atoms with Gasteiger partial charge in [0.1, 0.15) is 5.70 Å². The van der Waals surface area contributed by atoms with Crippen LogP contribution in [0.15, 0.2) is 46.7 Å². The quantitative estimate of drug-likeness (QED) is 0.526.